The van der Waals surface area contributed by atoms with Crippen LogP contribution in [0.3, 0.4) is 0 Å². The van der Waals surface area contributed by atoms with Gasteiger partial charge in [-0.15, -0.1) is 0 Å². The Hall–Kier alpha value is -4.12. The second-order valence-corrected chi connectivity index (χ2v) is 8.13. The first-order valence-corrected chi connectivity index (χ1v) is 12.1. The first-order valence-electron chi connectivity index (χ1n) is 11.7. The number of hydrazone groups is 1. The molecule has 3 N–H and O–H groups in total. The summed E-state index contributed by atoms with van der Waals surface area (Å²) in [5.74, 6) is 0.555. The van der Waals surface area contributed by atoms with Gasteiger partial charge >= 0.3 is 5.97 Å². The maximum absolute atomic E-state index is 12.7. The van der Waals surface area contributed by atoms with Crippen LogP contribution in [-0.4, -0.2) is 50.1 Å². The summed E-state index contributed by atoms with van der Waals surface area (Å²) >= 11 is 5.30. The number of ether oxygens (including phenoxy) is 4. The molecule has 1 atom stereocenters. The lowest BCUT2D eigenvalue weighted by molar-refractivity contribution is -0.139. The summed E-state index contributed by atoms with van der Waals surface area (Å²) in [7, 11) is 1.55. The lowest BCUT2D eigenvalue weighted by atomic mass is 9.95. The quantitative estimate of drug-likeness (QED) is 0.176. The van der Waals surface area contributed by atoms with Gasteiger partial charge in [0.15, 0.2) is 23.2 Å². The van der Waals surface area contributed by atoms with E-state index in [1.165, 1.54) is 6.21 Å². The van der Waals surface area contributed by atoms with Crippen LogP contribution in [0.1, 0.15) is 37.9 Å². The molecule has 1 amide bonds. The van der Waals surface area contributed by atoms with Gasteiger partial charge in [-0.05, 0) is 51.2 Å². The van der Waals surface area contributed by atoms with Crippen LogP contribution in [0.5, 0.6) is 17.2 Å². The molecule has 196 valence electrons. The van der Waals surface area contributed by atoms with Crippen molar-refractivity contribution in [3.05, 3.63) is 64.9 Å². The number of nitrogens with one attached hydrogen (secondary N) is 3. The van der Waals surface area contributed by atoms with E-state index in [1.807, 2.05) is 13.0 Å². The first kappa shape index (κ1) is 27.5. The predicted octanol–water partition coefficient (Wildman–Crippen LogP) is 2.98. The molecule has 0 fully saturated rings. The zero-order valence-corrected chi connectivity index (χ0v) is 21.9. The molecule has 1 aliphatic heterocycles. The number of benzene rings is 2. The van der Waals surface area contributed by atoms with Crippen molar-refractivity contribution in [2.24, 2.45) is 5.10 Å². The molecule has 1 aliphatic rings. The number of para-hydroxylation sites is 2. The number of hydrogen-bond donors (Lipinski definition) is 3. The van der Waals surface area contributed by atoms with Crippen LogP contribution in [-0.2, 0) is 14.3 Å². The molecule has 0 saturated carbocycles. The normalized spacial score (nSPS) is 15.0. The number of amides is 1. The average Bonchev–Trinajstić information content (AvgIpc) is 2.88. The van der Waals surface area contributed by atoms with E-state index in [0.717, 1.165) is 0 Å². The highest BCUT2D eigenvalue weighted by atomic mass is 32.1. The number of rotatable bonds is 11. The molecule has 0 radical (unpaired) electrons. The summed E-state index contributed by atoms with van der Waals surface area (Å²) in [5, 5.41) is 10.4. The summed E-state index contributed by atoms with van der Waals surface area (Å²) < 4.78 is 22.0. The number of esters is 1. The van der Waals surface area contributed by atoms with Crippen molar-refractivity contribution < 1.29 is 28.5 Å². The Kier molecular flexibility index (Phi) is 9.84. The Bertz CT molecular complexity index is 1210. The molecule has 11 heteroatoms. The minimum atomic E-state index is -0.616. The molecular weight excluding hydrogens is 496 g/mol. The standard InChI is InChI=1S/C26H30N4O6S/c1-5-34-24-17(10-9-13-20(24)33-4)14-27-30-21(31)15-36-19-12-8-7-11-18(19)23-22(25(32)35-6-2)16(3)28-26(37)29-23/h7-14,23H,5-6,15H2,1-4H3,(H,30,31)(H2,28,29,37)/t23-/m0/s1. The third kappa shape index (κ3) is 6.98. The smallest absolute Gasteiger partial charge is 0.338 e. The van der Waals surface area contributed by atoms with Crippen molar-refractivity contribution in [1.82, 2.24) is 16.1 Å². The SMILES string of the molecule is CCOC(=O)C1=C(C)NC(=S)N[C@H]1c1ccccc1OCC(=O)NN=Cc1cccc(OC)c1OCC. The first-order chi connectivity index (χ1) is 17.9. The van der Waals surface area contributed by atoms with Gasteiger partial charge in [0.25, 0.3) is 5.91 Å². The topological polar surface area (TPSA) is 120 Å². The highest BCUT2D eigenvalue weighted by molar-refractivity contribution is 7.80. The Morgan fingerprint density at radius 3 is 2.57 bits per heavy atom. The molecule has 0 saturated heterocycles. The number of carbonyl (C=O) groups is 2. The number of allylic oxidation sites excluding steroid dienone is 1. The highest BCUT2D eigenvalue weighted by Crippen LogP contribution is 2.33. The van der Waals surface area contributed by atoms with Crippen LogP contribution >= 0.6 is 12.2 Å². The van der Waals surface area contributed by atoms with Crippen LogP contribution in [0.25, 0.3) is 0 Å². The van der Waals surface area contributed by atoms with Crippen molar-refractivity contribution in [3.8, 4) is 17.2 Å². The van der Waals surface area contributed by atoms with Crippen molar-refractivity contribution in [3.63, 3.8) is 0 Å². The van der Waals surface area contributed by atoms with Gasteiger partial charge in [0.1, 0.15) is 5.75 Å². The summed E-state index contributed by atoms with van der Waals surface area (Å²) in [6, 6.07) is 11.8. The summed E-state index contributed by atoms with van der Waals surface area (Å²) in [6.45, 7) is 5.72. The van der Waals surface area contributed by atoms with Crippen LogP contribution in [0.15, 0.2) is 58.8 Å². The largest absolute Gasteiger partial charge is 0.493 e. The molecular formula is C26H30N4O6S. The van der Waals surface area contributed by atoms with Gasteiger partial charge in [-0.25, -0.2) is 10.2 Å². The fourth-order valence-corrected chi connectivity index (χ4v) is 3.97. The van der Waals surface area contributed by atoms with Crippen molar-refractivity contribution >= 4 is 35.4 Å². The monoisotopic (exact) mass is 526 g/mol. The third-order valence-corrected chi connectivity index (χ3v) is 5.48. The number of thiocarbonyl (C=S) groups is 1. The van der Waals surface area contributed by atoms with Gasteiger partial charge in [0.2, 0.25) is 0 Å². The van der Waals surface area contributed by atoms with Crippen molar-refractivity contribution in [2.45, 2.75) is 26.8 Å². The van der Waals surface area contributed by atoms with E-state index < -0.39 is 17.9 Å². The van der Waals surface area contributed by atoms with Crippen LogP contribution in [0.4, 0.5) is 0 Å². The molecule has 1 heterocycles. The molecule has 0 unspecified atom stereocenters. The second-order valence-electron chi connectivity index (χ2n) is 7.72. The molecule has 0 spiro atoms. The fraction of sp³-hybridized carbons (Fsp3) is 0.308. The van der Waals surface area contributed by atoms with Crippen molar-refractivity contribution in [1.29, 1.82) is 0 Å². The number of nitrogens with zero attached hydrogens (tertiary/aromatic N) is 1. The molecule has 0 aliphatic carbocycles. The molecule has 10 nitrogen and oxygen atoms in total. The molecule has 0 aromatic heterocycles. The van der Waals surface area contributed by atoms with E-state index in [1.54, 1.807) is 57.4 Å². The Labute approximate surface area is 221 Å². The zero-order valence-electron chi connectivity index (χ0n) is 21.1. The minimum absolute atomic E-state index is 0.230. The highest BCUT2D eigenvalue weighted by Gasteiger charge is 2.32. The lowest BCUT2D eigenvalue weighted by Crippen LogP contribution is -2.45. The van der Waals surface area contributed by atoms with Crippen LogP contribution < -0.4 is 30.3 Å². The van der Waals surface area contributed by atoms with Gasteiger partial charge in [-0.1, -0.05) is 24.3 Å². The molecule has 3 rings (SSSR count). The zero-order chi connectivity index (χ0) is 26.8. The number of hydrogen-bond acceptors (Lipinski definition) is 8. The van der Waals surface area contributed by atoms with Gasteiger partial charge < -0.3 is 29.6 Å². The van der Waals surface area contributed by atoms with Gasteiger partial charge in [-0.3, -0.25) is 4.79 Å². The maximum Gasteiger partial charge on any atom is 0.338 e. The van der Waals surface area contributed by atoms with Crippen LogP contribution in [0, 0.1) is 0 Å². The predicted molar refractivity (Wildman–Crippen MR) is 143 cm³/mol. The van der Waals surface area contributed by atoms with E-state index in [9.17, 15) is 9.59 Å². The van der Waals surface area contributed by atoms with E-state index in [-0.39, 0.29) is 13.2 Å². The Morgan fingerprint density at radius 1 is 1.08 bits per heavy atom. The molecule has 0 bridgehead atoms. The fourth-order valence-electron chi connectivity index (χ4n) is 3.70. The average molecular weight is 527 g/mol. The second kappa shape index (κ2) is 13.3. The van der Waals surface area contributed by atoms with Crippen molar-refractivity contribution in [2.75, 3.05) is 26.9 Å². The van der Waals surface area contributed by atoms with Gasteiger partial charge in [0, 0.05) is 16.8 Å². The van der Waals surface area contributed by atoms with E-state index in [2.05, 4.69) is 21.2 Å². The third-order valence-electron chi connectivity index (χ3n) is 5.26. The Balaban J connectivity index is 1.72. The van der Waals surface area contributed by atoms with E-state index in [4.69, 9.17) is 31.2 Å². The molecule has 2 aromatic carbocycles. The minimum Gasteiger partial charge on any atom is -0.493 e. The maximum atomic E-state index is 12.7. The van der Waals surface area contributed by atoms with E-state index >= 15 is 0 Å². The summed E-state index contributed by atoms with van der Waals surface area (Å²) in [4.78, 5) is 25.1. The summed E-state index contributed by atoms with van der Waals surface area (Å²) in [5.41, 5.74) is 4.68. The Morgan fingerprint density at radius 2 is 1.84 bits per heavy atom. The van der Waals surface area contributed by atoms with Gasteiger partial charge in [0.05, 0.1) is 38.2 Å². The lowest BCUT2D eigenvalue weighted by Gasteiger charge is -2.30. The molecule has 2 aromatic rings. The van der Waals surface area contributed by atoms with Gasteiger partial charge in [-0.2, -0.15) is 5.10 Å². The van der Waals surface area contributed by atoms with Crippen LogP contribution in [0.2, 0.25) is 0 Å². The number of methoxy groups -OCH3 is 1. The number of carbonyl (C=O) groups excluding carboxylic acids is 2. The molecule has 37 heavy (non-hydrogen) atoms. The van der Waals surface area contributed by atoms with E-state index in [0.29, 0.717) is 51.4 Å². The summed E-state index contributed by atoms with van der Waals surface area (Å²) in [6.07, 6.45) is 1.47.